The van der Waals surface area contributed by atoms with Crippen molar-refractivity contribution in [1.82, 2.24) is 0 Å². The normalized spacial score (nSPS) is 20.4. The molecule has 8 atom stereocenters. The highest BCUT2D eigenvalue weighted by molar-refractivity contribution is 5.93. The van der Waals surface area contributed by atoms with Gasteiger partial charge in [0.15, 0.2) is 42.6 Å². The summed E-state index contributed by atoms with van der Waals surface area (Å²) in [5.74, 6) is -6.81. The second-order valence-electron chi connectivity index (χ2n) is 17.4. The third-order valence-corrected chi connectivity index (χ3v) is 12.2. The lowest BCUT2D eigenvalue weighted by Crippen LogP contribution is -2.65. The van der Waals surface area contributed by atoms with E-state index in [1.54, 1.807) is 127 Å². The molecule has 2 heterocycles. The van der Waals surface area contributed by atoms with Crippen molar-refractivity contribution in [2.75, 3.05) is 13.2 Å². The second-order valence-corrected chi connectivity index (χ2v) is 17.4. The Kier molecular flexibility index (Phi) is 17.5. The van der Waals surface area contributed by atoms with Crippen molar-refractivity contribution in [2.45, 2.75) is 49.0 Å². The molecule has 0 bridgehead atoms. The minimum absolute atomic E-state index is 0.0144. The SMILES string of the molecule is O=C(OC[C@H]1O[C@@H](O[C@H]2[C@H](OC(=O)c3ccccc3)C(OC(=O)c3ccccc3)=CO[C@@H]2COC(=O)c2ccccc2)[C@H](OC(=O)c2ccccc2)[C@@H](OC(=O)c2ccccc2)[C@@H]1OC(=O)c1ccccc1)c1ccccc1. The summed E-state index contributed by atoms with van der Waals surface area (Å²) in [5, 5.41) is 0. The van der Waals surface area contributed by atoms with Crippen LogP contribution in [-0.4, -0.2) is 104 Å². The molecule has 0 aliphatic carbocycles. The predicted molar refractivity (Wildman–Crippen MR) is 274 cm³/mol. The quantitative estimate of drug-likeness (QED) is 0.0580. The Labute approximate surface area is 446 Å². The fourth-order valence-corrected chi connectivity index (χ4v) is 8.26. The summed E-state index contributed by atoms with van der Waals surface area (Å²) in [4.78, 5) is 98.4. The van der Waals surface area contributed by atoms with Crippen molar-refractivity contribution in [3.63, 3.8) is 0 Å². The van der Waals surface area contributed by atoms with Gasteiger partial charge in [0.05, 0.1) is 38.9 Å². The van der Waals surface area contributed by atoms with Gasteiger partial charge < -0.3 is 47.4 Å². The molecule has 78 heavy (non-hydrogen) atoms. The minimum atomic E-state index is -2.01. The lowest BCUT2D eigenvalue weighted by molar-refractivity contribution is -0.322. The molecule has 7 aromatic rings. The highest BCUT2D eigenvalue weighted by Gasteiger charge is 2.56. The maximum Gasteiger partial charge on any atom is 0.343 e. The Balaban J connectivity index is 1.18. The first-order valence-electron chi connectivity index (χ1n) is 24.5. The average Bonchev–Trinajstić information content (AvgIpc) is 3.61. The van der Waals surface area contributed by atoms with Crippen LogP contribution in [0.3, 0.4) is 0 Å². The van der Waals surface area contributed by atoms with Crippen LogP contribution in [0.15, 0.2) is 224 Å². The van der Waals surface area contributed by atoms with Crippen LogP contribution in [0.4, 0.5) is 0 Å². The summed E-state index contributed by atoms with van der Waals surface area (Å²) in [6, 6.07) is 54.9. The Morgan fingerprint density at radius 1 is 0.333 bits per heavy atom. The maximum atomic E-state index is 14.4. The highest BCUT2D eigenvalue weighted by atomic mass is 16.8. The first-order chi connectivity index (χ1) is 38.1. The largest absolute Gasteiger partial charge is 0.488 e. The maximum absolute atomic E-state index is 14.4. The van der Waals surface area contributed by atoms with Gasteiger partial charge in [-0.05, 0) is 84.9 Å². The van der Waals surface area contributed by atoms with Crippen LogP contribution >= 0.6 is 0 Å². The number of hydrogen-bond acceptors (Lipinski definition) is 17. The Hall–Kier alpha value is -9.71. The Morgan fingerprint density at radius 3 is 1.05 bits per heavy atom. The van der Waals surface area contributed by atoms with Crippen LogP contribution in [0.25, 0.3) is 0 Å². The average molecular weight is 1050 g/mol. The zero-order chi connectivity index (χ0) is 54.2. The van der Waals surface area contributed by atoms with Crippen molar-refractivity contribution in [1.29, 1.82) is 0 Å². The number of ether oxygens (including phenoxy) is 10. The molecule has 0 radical (unpaired) electrons. The summed E-state index contributed by atoms with van der Waals surface area (Å²) in [6.07, 6.45) is -13.3. The fraction of sp³-hybridized carbons (Fsp3) is 0.164. The van der Waals surface area contributed by atoms with E-state index in [1.165, 1.54) is 84.9 Å². The van der Waals surface area contributed by atoms with E-state index in [1.807, 2.05) is 0 Å². The summed E-state index contributed by atoms with van der Waals surface area (Å²) < 4.78 is 62.2. The molecule has 0 spiro atoms. The molecule has 1 fully saturated rings. The third kappa shape index (κ3) is 13.4. The van der Waals surface area contributed by atoms with Gasteiger partial charge in [0.2, 0.25) is 0 Å². The van der Waals surface area contributed by atoms with Gasteiger partial charge >= 0.3 is 41.8 Å². The van der Waals surface area contributed by atoms with Crippen LogP contribution in [0.2, 0.25) is 0 Å². The van der Waals surface area contributed by atoms with Gasteiger partial charge in [0.1, 0.15) is 31.7 Å². The molecular weight excluding hydrogens is 1000 g/mol. The monoisotopic (exact) mass is 1050 g/mol. The van der Waals surface area contributed by atoms with Crippen molar-refractivity contribution in [2.24, 2.45) is 0 Å². The molecule has 7 aromatic carbocycles. The fourth-order valence-electron chi connectivity index (χ4n) is 8.26. The molecule has 17 heteroatoms. The van der Waals surface area contributed by atoms with Crippen LogP contribution < -0.4 is 0 Å². The van der Waals surface area contributed by atoms with E-state index in [0.29, 0.717) is 0 Å². The van der Waals surface area contributed by atoms with Gasteiger partial charge in [-0.15, -0.1) is 0 Å². The molecule has 2 aliphatic rings. The molecule has 1 saturated heterocycles. The second kappa shape index (κ2) is 25.7. The number of hydrogen-bond donors (Lipinski definition) is 0. The van der Waals surface area contributed by atoms with Crippen molar-refractivity contribution >= 4 is 41.8 Å². The van der Waals surface area contributed by atoms with E-state index in [0.717, 1.165) is 6.26 Å². The predicted octanol–water partition coefficient (Wildman–Crippen LogP) is 8.81. The summed E-state index contributed by atoms with van der Waals surface area (Å²) in [5.41, 5.74) is 0.560. The zero-order valence-corrected chi connectivity index (χ0v) is 41.3. The van der Waals surface area contributed by atoms with E-state index in [-0.39, 0.29) is 38.9 Å². The van der Waals surface area contributed by atoms with Gasteiger partial charge in [-0.2, -0.15) is 0 Å². The highest BCUT2D eigenvalue weighted by Crippen LogP contribution is 2.36. The van der Waals surface area contributed by atoms with Crippen molar-refractivity contribution in [3.8, 4) is 0 Å². The zero-order valence-electron chi connectivity index (χ0n) is 41.3. The molecule has 394 valence electrons. The Bertz CT molecular complexity index is 3200. The first kappa shape index (κ1) is 53.1. The summed E-state index contributed by atoms with van der Waals surface area (Å²) in [7, 11) is 0. The van der Waals surface area contributed by atoms with Crippen LogP contribution in [-0.2, 0) is 47.4 Å². The summed E-state index contributed by atoms with van der Waals surface area (Å²) >= 11 is 0. The molecule has 0 unspecified atom stereocenters. The van der Waals surface area contributed by atoms with Crippen LogP contribution in [0.5, 0.6) is 0 Å². The molecule has 0 aromatic heterocycles. The molecule has 0 saturated carbocycles. The standard InChI is InChI=1S/C61H48O17/c62-54(39-22-8-1-9-23-39)70-36-46-49(50(74-57(65)42-28-14-4-15-29-42)47(37-69-46)72-56(64)41-26-12-3-13-27-41)78-61-53(77-60(68)45-34-20-7-21-35-45)52(76-59(67)44-32-18-6-19-33-44)51(75-58(66)43-30-16-5-17-31-43)48(73-61)38-71-55(63)40-24-10-2-11-25-40/h1-35,37,46,48-53,61H,36,38H2/t46-,48-,49-,50-,51-,52+,53-,61+/m1/s1. The van der Waals surface area contributed by atoms with E-state index in [4.69, 9.17) is 47.4 Å². The van der Waals surface area contributed by atoms with Gasteiger partial charge in [0, 0.05) is 0 Å². The number of esters is 7. The smallest absolute Gasteiger partial charge is 0.343 e. The van der Waals surface area contributed by atoms with Crippen molar-refractivity contribution in [3.05, 3.63) is 263 Å². The number of carbonyl (C=O) groups is 7. The van der Waals surface area contributed by atoms with E-state index in [2.05, 4.69) is 0 Å². The molecular formula is C61H48O17. The lowest BCUT2D eigenvalue weighted by Gasteiger charge is -2.46. The molecule has 2 aliphatic heterocycles. The summed E-state index contributed by atoms with van der Waals surface area (Å²) in [6.45, 7) is -1.35. The number of rotatable bonds is 18. The van der Waals surface area contributed by atoms with Gasteiger partial charge in [-0.25, -0.2) is 33.6 Å². The topological polar surface area (TPSA) is 212 Å². The van der Waals surface area contributed by atoms with Crippen LogP contribution in [0.1, 0.15) is 72.5 Å². The van der Waals surface area contributed by atoms with Crippen LogP contribution in [0, 0.1) is 0 Å². The van der Waals surface area contributed by atoms with Gasteiger partial charge in [-0.3, -0.25) is 0 Å². The molecule has 0 N–H and O–H groups in total. The molecule has 0 amide bonds. The third-order valence-electron chi connectivity index (χ3n) is 12.2. The molecule has 9 rings (SSSR count). The number of benzene rings is 7. The van der Waals surface area contributed by atoms with E-state index < -0.39 is 110 Å². The van der Waals surface area contributed by atoms with Gasteiger partial charge in [0.25, 0.3) is 0 Å². The Morgan fingerprint density at radius 2 is 0.654 bits per heavy atom. The number of carbonyl (C=O) groups excluding carboxylic acids is 7. The van der Waals surface area contributed by atoms with E-state index in [9.17, 15) is 33.6 Å². The van der Waals surface area contributed by atoms with Crippen molar-refractivity contribution < 1.29 is 80.9 Å². The van der Waals surface area contributed by atoms with E-state index >= 15 is 0 Å². The first-order valence-corrected chi connectivity index (χ1v) is 24.5. The minimum Gasteiger partial charge on any atom is -0.488 e. The lowest BCUT2D eigenvalue weighted by atomic mass is 9.97. The van der Waals surface area contributed by atoms with Gasteiger partial charge in [-0.1, -0.05) is 127 Å². The molecule has 17 nitrogen and oxygen atoms in total.